The average molecular weight is 265 g/mol. The molecule has 1 aliphatic heterocycles. The molecule has 2 N–H and O–H groups in total. The van der Waals surface area contributed by atoms with Crippen LogP contribution in [-0.2, 0) is 4.74 Å². The molecule has 1 saturated heterocycles. The summed E-state index contributed by atoms with van der Waals surface area (Å²) < 4.78 is 5.51. The van der Waals surface area contributed by atoms with E-state index >= 15 is 0 Å². The van der Waals surface area contributed by atoms with Crippen LogP contribution in [0, 0.1) is 5.92 Å². The average Bonchev–Trinajstić information content (AvgIpc) is 2.39. The number of hydrogen-bond donors (Lipinski definition) is 2. The third-order valence-electron chi connectivity index (χ3n) is 3.32. The van der Waals surface area contributed by atoms with E-state index in [0.29, 0.717) is 17.8 Å². The van der Waals surface area contributed by atoms with E-state index in [-0.39, 0.29) is 5.69 Å². The molecule has 0 saturated carbocycles. The van der Waals surface area contributed by atoms with E-state index in [2.05, 4.69) is 22.2 Å². The number of nitrogens with one attached hydrogen (secondary N) is 1. The zero-order valence-corrected chi connectivity index (χ0v) is 11.0. The minimum atomic E-state index is -1.06. The highest BCUT2D eigenvalue weighted by Crippen LogP contribution is 2.22. The molecule has 0 radical (unpaired) electrons. The van der Waals surface area contributed by atoms with Gasteiger partial charge < -0.3 is 15.2 Å². The molecule has 2 unspecified atom stereocenters. The normalized spacial score (nSPS) is 23.0. The molecular weight excluding hydrogens is 246 g/mol. The Morgan fingerprint density at radius 1 is 1.53 bits per heavy atom. The summed E-state index contributed by atoms with van der Waals surface area (Å²) in [5.41, 5.74) is -0.0381. The predicted molar refractivity (Wildman–Crippen MR) is 70.2 cm³/mol. The lowest BCUT2D eigenvalue weighted by atomic mass is 9.93. The summed E-state index contributed by atoms with van der Waals surface area (Å²) in [5.74, 6) is 0.239. The van der Waals surface area contributed by atoms with Crippen molar-refractivity contribution < 1.29 is 14.6 Å². The van der Waals surface area contributed by atoms with Crippen LogP contribution in [0.3, 0.4) is 0 Å². The molecule has 2 heterocycles. The van der Waals surface area contributed by atoms with Crippen molar-refractivity contribution >= 4 is 11.8 Å². The molecule has 19 heavy (non-hydrogen) atoms. The van der Waals surface area contributed by atoms with Crippen molar-refractivity contribution in [2.75, 3.05) is 18.5 Å². The first-order chi connectivity index (χ1) is 9.15. The molecule has 0 aromatic carbocycles. The van der Waals surface area contributed by atoms with E-state index in [9.17, 15) is 4.79 Å². The van der Waals surface area contributed by atoms with Gasteiger partial charge in [-0.25, -0.2) is 14.8 Å². The minimum Gasteiger partial charge on any atom is -0.476 e. The van der Waals surface area contributed by atoms with E-state index in [1.807, 2.05) is 0 Å². The van der Waals surface area contributed by atoms with E-state index in [0.717, 1.165) is 32.4 Å². The van der Waals surface area contributed by atoms with Crippen LogP contribution in [0.25, 0.3) is 0 Å². The van der Waals surface area contributed by atoms with Crippen molar-refractivity contribution in [1.29, 1.82) is 0 Å². The van der Waals surface area contributed by atoms with Gasteiger partial charge >= 0.3 is 5.97 Å². The van der Waals surface area contributed by atoms with Gasteiger partial charge in [0.15, 0.2) is 5.69 Å². The zero-order chi connectivity index (χ0) is 13.7. The Balaban J connectivity index is 1.74. The molecule has 0 aliphatic carbocycles. The lowest BCUT2D eigenvalue weighted by Crippen LogP contribution is -2.24. The molecule has 1 aromatic rings. The van der Waals surface area contributed by atoms with Gasteiger partial charge in [-0.1, -0.05) is 0 Å². The zero-order valence-electron chi connectivity index (χ0n) is 11.0. The Hall–Kier alpha value is -1.69. The lowest BCUT2D eigenvalue weighted by Gasteiger charge is -2.27. The summed E-state index contributed by atoms with van der Waals surface area (Å²) in [4.78, 5) is 18.5. The molecule has 1 aromatic heterocycles. The monoisotopic (exact) mass is 265 g/mol. The molecule has 0 amide bonds. The Bertz CT molecular complexity index is 422. The summed E-state index contributed by atoms with van der Waals surface area (Å²) in [6.45, 7) is 3.77. The first-order valence-corrected chi connectivity index (χ1v) is 6.56. The number of hydrogen-bond acceptors (Lipinski definition) is 5. The van der Waals surface area contributed by atoms with E-state index in [1.54, 1.807) is 0 Å². The van der Waals surface area contributed by atoms with Crippen LogP contribution in [0.5, 0.6) is 0 Å². The molecule has 104 valence electrons. The summed E-state index contributed by atoms with van der Waals surface area (Å²) in [5, 5.41) is 11.9. The number of rotatable bonds is 5. The summed E-state index contributed by atoms with van der Waals surface area (Å²) in [6, 6.07) is 0. The molecule has 6 heteroatoms. The second-order valence-electron chi connectivity index (χ2n) is 4.88. The van der Waals surface area contributed by atoms with Gasteiger partial charge in [0, 0.05) is 13.2 Å². The molecule has 1 aliphatic rings. The van der Waals surface area contributed by atoms with Crippen LogP contribution >= 0.6 is 0 Å². The molecule has 2 atom stereocenters. The van der Waals surface area contributed by atoms with Gasteiger partial charge in [-0.2, -0.15) is 0 Å². The fourth-order valence-electron chi connectivity index (χ4n) is 2.29. The molecule has 0 spiro atoms. The highest BCUT2D eigenvalue weighted by molar-refractivity contribution is 5.84. The number of carbonyl (C=O) groups is 1. The first kappa shape index (κ1) is 13.7. The van der Waals surface area contributed by atoms with E-state index < -0.39 is 5.97 Å². The molecule has 1 fully saturated rings. The van der Waals surface area contributed by atoms with Crippen LogP contribution in [0.4, 0.5) is 5.82 Å². The number of aromatic carboxylic acids is 1. The number of anilines is 1. The predicted octanol–water partition coefficient (Wildman–Crippen LogP) is 1.79. The Kier molecular flexibility index (Phi) is 4.68. The van der Waals surface area contributed by atoms with Gasteiger partial charge in [0.2, 0.25) is 0 Å². The quantitative estimate of drug-likeness (QED) is 0.844. The van der Waals surface area contributed by atoms with Crippen molar-refractivity contribution in [3.63, 3.8) is 0 Å². The minimum absolute atomic E-state index is 0.0381. The molecular formula is C13H19N3O3. The van der Waals surface area contributed by atoms with Crippen molar-refractivity contribution in [1.82, 2.24) is 9.97 Å². The topological polar surface area (TPSA) is 84.3 Å². The van der Waals surface area contributed by atoms with Gasteiger partial charge in [0.25, 0.3) is 0 Å². The maximum Gasteiger partial charge on any atom is 0.356 e. The second kappa shape index (κ2) is 6.47. The standard InChI is InChI=1S/C13H19N3O3/c1-9-6-10(3-5-19-9)2-4-14-12-8-15-11(7-16-12)13(17)18/h7-10H,2-6H2,1H3,(H,14,16)(H,17,18). The lowest BCUT2D eigenvalue weighted by molar-refractivity contribution is 0.00166. The highest BCUT2D eigenvalue weighted by atomic mass is 16.5. The number of ether oxygens (including phenoxy) is 1. The fraction of sp³-hybridized carbons (Fsp3) is 0.615. The number of carboxylic acids is 1. The van der Waals surface area contributed by atoms with Gasteiger partial charge in [-0.05, 0) is 32.1 Å². The summed E-state index contributed by atoms with van der Waals surface area (Å²) in [6.07, 6.45) is 6.35. The summed E-state index contributed by atoms with van der Waals surface area (Å²) in [7, 11) is 0. The van der Waals surface area contributed by atoms with Gasteiger partial charge in [0.1, 0.15) is 5.82 Å². The smallest absolute Gasteiger partial charge is 0.356 e. The van der Waals surface area contributed by atoms with Crippen molar-refractivity contribution in [3.05, 3.63) is 18.1 Å². The Labute approximate surface area is 112 Å². The maximum absolute atomic E-state index is 10.6. The van der Waals surface area contributed by atoms with Crippen LogP contribution in [0.2, 0.25) is 0 Å². The van der Waals surface area contributed by atoms with Gasteiger partial charge in [0.05, 0.1) is 18.5 Å². The molecule has 2 rings (SSSR count). The Morgan fingerprint density at radius 3 is 3.00 bits per heavy atom. The van der Waals surface area contributed by atoms with Crippen molar-refractivity contribution in [2.45, 2.75) is 32.3 Å². The van der Waals surface area contributed by atoms with E-state index in [4.69, 9.17) is 9.84 Å². The third-order valence-corrected chi connectivity index (χ3v) is 3.32. The van der Waals surface area contributed by atoms with Crippen LogP contribution in [-0.4, -0.2) is 40.3 Å². The summed E-state index contributed by atoms with van der Waals surface area (Å²) >= 11 is 0. The van der Waals surface area contributed by atoms with Crippen molar-refractivity contribution in [3.8, 4) is 0 Å². The molecule has 0 bridgehead atoms. The second-order valence-corrected chi connectivity index (χ2v) is 4.88. The Morgan fingerprint density at radius 2 is 2.37 bits per heavy atom. The van der Waals surface area contributed by atoms with Crippen LogP contribution in [0.15, 0.2) is 12.4 Å². The van der Waals surface area contributed by atoms with Crippen LogP contribution < -0.4 is 5.32 Å². The number of nitrogens with zero attached hydrogens (tertiary/aromatic N) is 2. The SMILES string of the molecule is CC1CC(CCNc2cnc(C(=O)O)cn2)CCO1. The van der Waals surface area contributed by atoms with E-state index in [1.165, 1.54) is 12.4 Å². The largest absolute Gasteiger partial charge is 0.476 e. The first-order valence-electron chi connectivity index (χ1n) is 6.56. The fourth-order valence-corrected chi connectivity index (χ4v) is 2.29. The number of aromatic nitrogens is 2. The maximum atomic E-state index is 10.6. The van der Waals surface area contributed by atoms with Crippen LogP contribution in [0.1, 0.15) is 36.7 Å². The van der Waals surface area contributed by atoms with Gasteiger partial charge in [-0.3, -0.25) is 0 Å². The molecule has 6 nitrogen and oxygen atoms in total. The highest BCUT2D eigenvalue weighted by Gasteiger charge is 2.18. The third kappa shape index (κ3) is 4.17. The van der Waals surface area contributed by atoms with Gasteiger partial charge in [-0.15, -0.1) is 0 Å². The van der Waals surface area contributed by atoms with Crippen molar-refractivity contribution in [2.24, 2.45) is 5.92 Å². The number of carboxylic acid groups (broad SMARTS) is 1.